The third kappa shape index (κ3) is 3.01. The molecule has 2 N–H and O–H groups in total. The number of hydrogen-bond donors (Lipinski definition) is 2. The standard InChI is InChI=1S/C18H18N4O5/c1-10-2-3-15-13(6-10)21(18(26)27-15)5-4-16(23)22-8-12-11(19-9-20-12)7-14(22)17(24)25/h2-3,6,9,14H,4-5,7-8H2,1H3,(H,19,20)(H,24,25)/t14-/m1/s1. The minimum atomic E-state index is -1.07. The maximum atomic E-state index is 12.7. The quantitative estimate of drug-likeness (QED) is 0.708. The number of amides is 1. The van der Waals surface area contributed by atoms with Crippen LogP contribution in [0.25, 0.3) is 11.1 Å². The van der Waals surface area contributed by atoms with Gasteiger partial charge >= 0.3 is 11.7 Å². The molecule has 0 saturated heterocycles. The third-order valence-electron chi connectivity index (χ3n) is 4.88. The van der Waals surface area contributed by atoms with Crippen molar-refractivity contribution in [3.8, 4) is 0 Å². The molecule has 1 aliphatic heterocycles. The molecule has 2 aromatic heterocycles. The molecule has 0 radical (unpaired) electrons. The van der Waals surface area contributed by atoms with E-state index in [1.807, 2.05) is 19.1 Å². The highest BCUT2D eigenvalue weighted by atomic mass is 16.4. The molecule has 1 atom stereocenters. The summed E-state index contributed by atoms with van der Waals surface area (Å²) < 4.78 is 6.61. The summed E-state index contributed by atoms with van der Waals surface area (Å²) in [5.74, 6) is -1.94. The summed E-state index contributed by atoms with van der Waals surface area (Å²) in [6.45, 7) is 2.18. The maximum absolute atomic E-state index is 12.7. The number of carboxylic acid groups (broad SMARTS) is 1. The highest BCUT2D eigenvalue weighted by Gasteiger charge is 2.35. The van der Waals surface area contributed by atoms with Gasteiger partial charge < -0.3 is 19.4 Å². The molecule has 0 saturated carbocycles. The van der Waals surface area contributed by atoms with E-state index in [9.17, 15) is 19.5 Å². The molecule has 27 heavy (non-hydrogen) atoms. The Kier molecular flexibility index (Phi) is 4.06. The SMILES string of the molecule is Cc1ccc2oc(=O)n(CCC(=O)N3Cc4[nH]cnc4C[C@@H]3C(=O)O)c2c1. The van der Waals surface area contributed by atoms with E-state index >= 15 is 0 Å². The highest BCUT2D eigenvalue weighted by Crippen LogP contribution is 2.22. The number of imidazole rings is 1. The number of rotatable bonds is 4. The van der Waals surface area contributed by atoms with Crippen LogP contribution in [-0.2, 0) is 29.1 Å². The number of oxazole rings is 1. The van der Waals surface area contributed by atoms with Crippen LogP contribution in [0.1, 0.15) is 23.4 Å². The summed E-state index contributed by atoms with van der Waals surface area (Å²) in [6.07, 6.45) is 1.65. The van der Waals surface area contributed by atoms with Crippen molar-refractivity contribution in [2.45, 2.75) is 38.9 Å². The first-order valence-electron chi connectivity index (χ1n) is 8.57. The molecule has 9 heteroatoms. The number of aliphatic carboxylic acids is 1. The van der Waals surface area contributed by atoms with Crippen LogP contribution in [0.2, 0.25) is 0 Å². The lowest BCUT2D eigenvalue weighted by Gasteiger charge is -2.32. The molecule has 1 aromatic carbocycles. The molecule has 1 aliphatic rings. The fourth-order valence-electron chi connectivity index (χ4n) is 3.45. The van der Waals surface area contributed by atoms with Gasteiger partial charge in [0.05, 0.1) is 29.8 Å². The smallest absolute Gasteiger partial charge is 0.419 e. The number of carboxylic acids is 1. The van der Waals surface area contributed by atoms with Gasteiger partial charge in [-0.15, -0.1) is 0 Å². The lowest BCUT2D eigenvalue weighted by molar-refractivity contribution is -0.151. The molecule has 0 aliphatic carbocycles. The van der Waals surface area contributed by atoms with E-state index in [4.69, 9.17) is 4.42 Å². The number of fused-ring (bicyclic) bond motifs is 2. The normalized spacial score (nSPS) is 16.5. The second-order valence-corrected chi connectivity index (χ2v) is 6.65. The Labute approximate surface area is 153 Å². The van der Waals surface area contributed by atoms with Gasteiger partial charge in [0.2, 0.25) is 5.91 Å². The lowest BCUT2D eigenvalue weighted by atomic mass is 10.0. The predicted octanol–water partition coefficient (Wildman–Crippen LogP) is 1.05. The van der Waals surface area contributed by atoms with Crippen molar-refractivity contribution in [3.63, 3.8) is 0 Å². The van der Waals surface area contributed by atoms with Gasteiger partial charge in [0.15, 0.2) is 5.58 Å². The Hall–Kier alpha value is -3.36. The molecule has 0 fully saturated rings. The van der Waals surface area contributed by atoms with Gasteiger partial charge in [-0.2, -0.15) is 0 Å². The van der Waals surface area contributed by atoms with Gasteiger partial charge in [0.25, 0.3) is 0 Å². The molecule has 0 unspecified atom stereocenters. The average Bonchev–Trinajstić information content (AvgIpc) is 3.21. The zero-order chi connectivity index (χ0) is 19.1. The summed E-state index contributed by atoms with van der Waals surface area (Å²) in [7, 11) is 0. The van der Waals surface area contributed by atoms with Crippen molar-refractivity contribution in [1.29, 1.82) is 0 Å². The van der Waals surface area contributed by atoms with Crippen molar-refractivity contribution >= 4 is 23.0 Å². The second kappa shape index (κ2) is 6.42. The molecule has 1 amide bonds. The van der Waals surface area contributed by atoms with Crippen molar-refractivity contribution in [2.24, 2.45) is 0 Å². The summed E-state index contributed by atoms with van der Waals surface area (Å²) in [5.41, 5.74) is 3.46. The fraction of sp³-hybridized carbons (Fsp3) is 0.333. The van der Waals surface area contributed by atoms with Crippen molar-refractivity contribution in [3.05, 3.63) is 52.0 Å². The number of aromatic nitrogens is 3. The molecule has 9 nitrogen and oxygen atoms in total. The Morgan fingerprint density at radius 1 is 1.41 bits per heavy atom. The maximum Gasteiger partial charge on any atom is 0.419 e. The van der Waals surface area contributed by atoms with Gasteiger partial charge in [-0.25, -0.2) is 14.6 Å². The van der Waals surface area contributed by atoms with Crippen LogP contribution in [0.3, 0.4) is 0 Å². The minimum absolute atomic E-state index is 0.00423. The zero-order valence-electron chi connectivity index (χ0n) is 14.6. The summed E-state index contributed by atoms with van der Waals surface area (Å²) in [6, 6.07) is 4.42. The van der Waals surface area contributed by atoms with E-state index in [1.54, 1.807) is 6.07 Å². The Balaban J connectivity index is 1.56. The van der Waals surface area contributed by atoms with E-state index in [2.05, 4.69) is 9.97 Å². The molecule has 0 spiro atoms. The number of nitrogens with one attached hydrogen (secondary N) is 1. The number of hydrogen-bond acceptors (Lipinski definition) is 5. The average molecular weight is 370 g/mol. The molecule has 0 bridgehead atoms. The number of nitrogens with zero attached hydrogens (tertiary/aromatic N) is 3. The van der Waals surface area contributed by atoms with E-state index < -0.39 is 17.8 Å². The Bertz CT molecular complexity index is 1090. The fourth-order valence-corrected chi connectivity index (χ4v) is 3.45. The van der Waals surface area contributed by atoms with Crippen molar-refractivity contribution in [2.75, 3.05) is 0 Å². The number of aryl methyl sites for hydroxylation is 2. The summed E-state index contributed by atoms with van der Waals surface area (Å²) >= 11 is 0. The van der Waals surface area contributed by atoms with Gasteiger partial charge in [0, 0.05) is 19.4 Å². The van der Waals surface area contributed by atoms with E-state index in [-0.39, 0.29) is 31.8 Å². The van der Waals surface area contributed by atoms with Crippen LogP contribution in [-0.4, -0.2) is 42.5 Å². The topological polar surface area (TPSA) is 121 Å². The number of benzene rings is 1. The minimum Gasteiger partial charge on any atom is -0.480 e. The molecule has 4 rings (SSSR count). The predicted molar refractivity (Wildman–Crippen MR) is 94.1 cm³/mol. The lowest BCUT2D eigenvalue weighted by Crippen LogP contribution is -2.49. The van der Waals surface area contributed by atoms with Gasteiger partial charge in [-0.05, 0) is 24.6 Å². The number of carbonyl (C=O) groups is 2. The third-order valence-corrected chi connectivity index (χ3v) is 4.88. The van der Waals surface area contributed by atoms with Crippen LogP contribution in [0.5, 0.6) is 0 Å². The van der Waals surface area contributed by atoms with Crippen LogP contribution in [0.4, 0.5) is 0 Å². The molecule has 140 valence electrons. The monoisotopic (exact) mass is 370 g/mol. The summed E-state index contributed by atoms with van der Waals surface area (Å²) in [5, 5.41) is 9.49. The molecule has 3 heterocycles. The number of carbonyl (C=O) groups excluding carboxylic acids is 1. The van der Waals surface area contributed by atoms with Gasteiger partial charge in [-0.3, -0.25) is 9.36 Å². The van der Waals surface area contributed by atoms with Crippen LogP contribution in [0.15, 0.2) is 33.7 Å². The first kappa shape index (κ1) is 17.1. The largest absolute Gasteiger partial charge is 0.480 e. The zero-order valence-corrected chi connectivity index (χ0v) is 14.6. The molecular formula is C18H18N4O5. The van der Waals surface area contributed by atoms with Gasteiger partial charge in [0.1, 0.15) is 6.04 Å². The highest BCUT2D eigenvalue weighted by molar-refractivity contribution is 5.84. The first-order valence-corrected chi connectivity index (χ1v) is 8.57. The second-order valence-electron chi connectivity index (χ2n) is 6.65. The number of aromatic amines is 1. The van der Waals surface area contributed by atoms with E-state index in [1.165, 1.54) is 15.8 Å². The van der Waals surface area contributed by atoms with Gasteiger partial charge in [-0.1, -0.05) is 6.07 Å². The van der Waals surface area contributed by atoms with E-state index in [0.717, 1.165) is 11.3 Å². The van der Waals surface area contributed by atoms with Crippen LogP contribution >= 0.6 is 0 Å². The first-order chi connectivity index (χ1) is 12.9. The molecule has 3 aromatic rings. The Morgan fingerprint density at radius 2 is 2.22 bits per heavy atom. The number of H-pyrrole nitrogens is 1. The van der Waals surface area contributed by atoms with Crippen LogP contribution < -0.4 is 5.76 Å². The van der Waals surface area contributed by atoms with Crippen LogP contribution in [0, 0.1) is 6.92 Å². The van der Waals surface area contributed by atoms with Crippen molar-refractivity contribution < 1.29 is 19.1 Å². The molecular weight excluding hydrogens is 352 g/mol. The van der Waals surface area contributed by atoms with Crippen molar-refractivity contribution in [1.82, 2.24) is 19.4 Å². The van der Waals surface area contributed by atoms with E-state index in [0.29, 0.717) is 16.8 Å². The Morgan fingerprint density at radius 3 is 3.00 bits per heavy atom. The summed E-state index contributed by atoms with van der Waals surface area (Å²) in [4.78, 5) is 44.8.